The number of alkyl halides is 3. The van der Waals surface area contributed by atoms with Crippen LogP contribution < -0.4 is 10.5 Å². The minimum atomic E-state index is -4.52. The lowest BCUT2D eigenvalue weighted by atomic mass is 10.1. The fraction of sp³-hybridized carbons (Fsp3) is 0.214. The van der Waals surface area contributed by atoms with Gasteiger partial charge in [-0.2, -0.15) is 13.2 Å². The number of rotatable bonds is 3. The summed E-state index contributed by atoms with van der Waals surface area (Å²) in [6, 6.07) is 6.90. The van der Waals surface area contributed by atoms with Gasteiger partial charge in [-0.25, -0.2) is 4.98 Å². The summed E-state index contributed by atoms with van der Waals surface area (Å²) in [6.45, 7) is 1.75. The molecule has 0 fully saturated rings. The maximum absolute atomic E-state index is 13.1. The van der Waals surface area contributed by atoms with Crippen LogP contribution in [0.2, 0.25) is 0 Å². The quantitative estimate of drug-likeness (QED) is 0.880. The van der Waals surface area contributed by atoms with Crippen LogP contribution in [-0.4, -0.2) is 4.98 Å². The molecule has 21 heavy (non-hydrogen) atoms. The predicted octanol–water partition coefficient (Wildman–Crippen LogP) is 4.42. The van der Waals surface area contributed by atoms with Crippen LogP contribution in [0.25, 0.3) is 0 Å². The van der Waals surface area contributed by atoms with Gasteiger partial charge >= 0.3 is 6.18 Å². The standard InChI is InChI=1S/C14H12BrF3N2O/c1-8-11(15)3-5-13(20-8)21-12-4-2-9(7-19)6-10(12)14(16,17)18/h2-6H,7,19H2,1H3. The first-order valence-electron chi connectivity index (χ1n) is 6.02. The lowest BCUT2D eigenvalue weighted by Gasteiger charge is -2.14. The first-order valence-corrected chi connectivity index (χ1v) is 6.81. The Morgan fingerprint density at radius 3 is 2.52 bits per heavy atom. The van der Waals surface area contributed by atoms with E-state index < -0.39 is 11.7 Å². The predicted molar refractivity (Wildman–Crippen MR) is 76.1 cm³/mol. The minimum Gasteiger partial charge on any atom is -0.438 e. The summed E-state index contributed by atoms with van der Waals surface area (Å²) in [5, 5.41) is 0. The van der Waals surface area contributed by atoms with E-state index in [1.165, 1.54) is 18.2 Å². The fourth-order valence-corrected chi connectivity index (χ4v) is 1.93. The molecule has 7 heteroatoms. The molecule has 1 aromatic heterocycles. The lowest BCUT2D eigenvalue weighted by molar-refractivity contribution is -0.138. The van der Waals surface area contributed by atoms with Gasteiger partial charge in [-0.3, -0.25) is 0 Å². The summed E-state index contributed by atoms with van der Waals surface area (Å²) in [5.41, 5.74) is 5.52. The van der Waals surface area contributed by atoms with E-state index in [9.17, 15) is 13.2 Å². The van der Waals surface area contributed by atoms with E-state index >= 15 is 0 Å². The SMILES string of the molecule is Cc1nc(Oc2ccc(CN)cc2C(F)(F)F)ccc1Br. The van der Waals surface area contributed by atoms with E-state index in [1.807, 2.05) is 0 Å². The van der Waals surface area contributed by atoms with Gasteiger partial charge in [0.2, 0.25) is 5.88 Å². The van der Waals surface area contributed by atoms with Gasteiger partial charge in [0.15, 0.2) is 0 Å². The zero-order valence-electron chi connectivity index (χ0n) is 11.0. The molecule has 0 unspecified atom stereocenters. The Bertz CT molecular complexity index is 659. The number of aryl methyl sites for hydroxylation is 1. The van der Waals surface area contributed by atoms with Crippen LogP contribution in [0.3, 0.4) is 0 Å². The number of halogens is 4. The zero-order chi connectivity index (χ0) is 15.6. The van der Waals surface area contributed by atoms with Crippen molar-refractivity contribution in [3.63, 3.8) is 0 Å². The number of hydrogen-bond donors (Lipinski definition) is 1. The van der Waals surface area contributed by atoms with Crippen LogP contribution in [0, 0.1) is 6.92 Å². The molecule has 0 aliphatic carbocycles. The largest absolute Gasteiger partial charge is 0.438 e. The van der Waals surface area contributed by atoms with E-state index in [1.54, 1.807) is 13.0 Å². The molecule has 0 spiro atoms. The zero-order valence-corrected chi connectivity index (χ0v) is 12.6. The molecule has 0 amide bonds. The second kappa shape index (κ2) is 6.03. The summed E-state index contributed by atoms with van der Waals surface area (Å²) in [7, 11) is 0. The molecule has 1 heterocycles. The Morgan fingerprint density at radius 2 is 1.95 bits per heavy atom. The molecule has 0 saturated heterocycles. The van der Waals surface area contributed by atoms with Crippen molar-refractivity contribution in [1.29, 1.82) is 0 Å². The van der Waals surface area contributed by atoms with Crippen molar-refractivity contribution in [2.24, 2.45) is 5.73 Å². The van der Waals surface area contributed by atoms with Gasteiger partial charge in [-0.15, -0.1) is 0 Å². The summed E-state index contributed by atoms with van der Waals surface area (Å²) in [6.07, 6.45) is -4.52. The maximum Gasteiger partial charge on any atom is 0.419 e. The maximum atomic E-state index is 13.1. The second-order valence-electron chi connectivity index (χ2n) is 4.35. The van der Waals surface area contributed by atoms with Crippen LogP contribution >= 0.6 is 15.9 Å². The van der Waals surface area contributed by atoms with E-state index in [0.717, 1.165) is 10.5 Å². The van der Waals surface area contributed by atoms with E-state index in [-0.39, 0.29) is 18.2 Å². The highest BCUT2D eigenvalue weighted by atomic mass is 79.9. The smallest absolute Gasteiger partial charge is 0.419 e. The van der Waals surface area contributed by atoms with E-state index in [0.29, 0.717) is 11.3 Å². The lowest BCUT2D eigenvalue weighted by Crippen LogP contribution is -2.09. The Kier molecular flexibility index (Phi) is 4.53. The molecule has 2 aromatic rings. The van der Waals surface area contributed by atoms with E-state index in [2.05, 4.69) is 20.9 Å². The normalized spacial score (nSPS) is 11.5. The molecule has 2 rings (SSSR count). The highest BCUT2D eigenvalue weighted by molar-refractivity contribution is 9.10. The molecule has 0 aliphatic heterocycles. The summed E-state index contributed by atoms with van der Waals surface area (Å²) >= 11 is 3.27. The van der Waals surface area contributed by atoms with E-state index in [4.69, 9.17) is 10.5 Å². The van der Waals surface area contributed by atoms with Gasteiger partial charge in [0.05, 0.1) is 11.3 Å². The molecular weight excluding hydrogens is 349 g/mol. The van der Waals surface area contributed by atoms with Crippen molar-refractivity contribution in [2.75, 3.05) is 0 Å². The monoisotopic (exact) mass is 360 g/mol. The molecular formula is C14H12BrF3N2O. The molecule has 0 radical (unpaired) electrons. The molecule has 112 valence electrons. The highest BCUT2D eigenvalue weighted by Gasteiger charge is 2.35. The minimum absolute atomic E-state index is 0.0268. The Labute approximate surface area is 128 Å². The second-order valence-corrected chi connectivity index (χ2v) is 5.21. The van der Waals surface area contributed by atoms with Crippen LogP contribution in [0.15, 0.2) is 34.8 Å². The third-order valence-electron chi connectivity index (χ3n) is 2.80. The van der Waals surface area contributed by atoms with Crippen LogP contribution in [0.1, 0.15) is 16.8 Å². The number of ether oxygens (including phenoxy) is 1. The van der Waals surface area contributed by atoms with Crippen molar-refractivity contribution in [1.82, 2.24) is 4.98 Å². The van der Waals surface area contributed by atoms with Gasteiger partial charge in [-0.05, 0) is 46.6 Å². The molecule has 2 N–H and O–H groups in total. The van der Waals surface area contributed by atoms with Gasteiger partial charge in [0, 0.05) is 17.1 Å². The van der Waals surface area contributed by atoms with Crippen molar-refractivity contribution in [3.8, 4) is 11.6 Å². The topological polar surface area (TPSA) is 48.1 Å². The number of aromatic nitrogens is 1. The van der Waals surface area contributed by atoms with Crippen molar-refractivity contribution in [3.05, 3.63) is 51.6 Å². The van der Waals surface area contributed by atoms with Crippen LogP contribution in [0.5, 0.6) is 11.6 Å². The molecule has 0 saturated carbocycles. The summed E-state index contributed by atoms with van der Waals surface area (Å²) in [4.78, 5) is 4.07. The van der Waals surface area contributed by atoms with Crippen LogP contribution in [0.4, 0.5) is 13.2 Å². The fourth-order valence-electron chi connectivity index (χ4n) is 1.71. The number of hydrogen-bond acceptors (Lipinski definition) is 3. The highest BCUT2D eigenvalue weighted by Crippen LogP contribution is 2.38. The third kappa shape index (κ3) is 3.74. The summed E-state index contributed by atoms with van der Waals surface area (Å²) < 4.78 is 45.2. The summed E-state index contributed by atoms with van der Waals surface area (Å²) in [5.74, 6) is -0.198. The average Bonchev–Trinajstić information content (AvgIpc) is 2.42. The molecule has 0 atom stereocenters. The molecule has 0 bridgehead atoms. The van der Waals surface area contributed by atoms with Gasteiger partial charge < -0.3 is 10.5 Å². The third-order valence-corrected chi connectivity index (χ3v) is 3.63. The van der Waals surface area contributed by atoms with Crippen LogP contribution in [-0.2, 0) is 12.7 Å². The first kappa shape index (κ1) is 15.8. The Balaban J connectivity index is 2.41. The molecule has 0 aliphatic rings. The van der Waals surface area contributed by atoms with Gasteiger partial charge in [0.1, 0.15) is 5.75 Å². The number of nitrogens with two attached hydrogens (primary N) is 1. The molecule has 1 aromatic carbocycles. The number of nitrogens with zero attached hydrogens (tertiary/aromatic N) is 1. The first-order chi connectivity index (χ1) is 9.81. The Hall–Kier alpha value is -1.60. The number of pyridine rings is 1. The van der Waals surface area contributed by atoms with Crippen molar-refractivity contribution >= 4 is 15.9 Å². The average molecular weight is 361 g/mol. The molecule has 3 nitrogen and oxygen atoms in total. The van der Waals surface area contributed by atoms with Crippen molar-refractivity contribution in [2.45, 2.75) is 19.6 Å². The van der Waals surface area contributed by atoms with Crippen molar-refractivity contribution < 1.29 is 17.9 Å². The van der Waals surface area contributed by atoms with Gasteiger partial charge in [-0.1, -0.05) is 6.07 Å². The number of benzene rings is 1. The van der Waals surface area contributed by atoms with Gasteiger partial charge in [0.25, 0.3) is 0 Å². The Morgan fingerprint density at radius 1 is 1.24 bits per heavy atom.